The Morgan fingerprint density at radius 2 is 1.05 bits per heavy atom. The molecule has 0 aliphatic carbocycles. The molecule has 0 aromatic heterocycles. The molecule has 2 unspecified atom stereocenters. The molecule has 5 heteroatoms. The first-order valence-electron chi connectivity index (χ1n) is 6.66. The smallest absolute Gasteiger partial charge is 0.225 e. The molecule has 0 saturated carbocycles. The lowest BCUT2D eigenvalue weighted by atomic mass is 10.3. The van der Waals surface area contributed by atoms with E-state index >= 15 is 0 Å². The molecule has 2 aromatic rings. The van der Waals surface area contributed by atoms with Crippen LogP contribution in [-0.4, -0.2) is 19.3 Å². The van der Waals surface area contributed by atoms with Crippen molar-refractivity contribution in [2.24, 2.45) is 0 Å². The van der Waals surface area contributed by atoms with Gasteiger partial charge < -0.3 is 9.47 Å². The Morgan fingerprint density at radius 1 is 0.714 bits per heavy atom. The Balaban J connectivity index is 2.06. The van der Waals surface area contributed by atoms with Gasteiger partial charge in [0.15, 0.2) is 10.9 Å². The molecule has 21 heavy (non-hydrogen) atoms. The molecule has 0 radical (unpaired) electrons. The van der Waals surface area contributed by atoms with E-state index in [1.54, 1.807) is 48.5 Å². The lowest BCUT2D eigenvalue weighted by Gasteiger charge is -2.21. The lowest BCUT2D eigenvalue weighted by Crippen LogP contribution is -2.35. The zero-order valence-electron chi connectivity index (χ0n) is 12.0. The van der Waals surface area contributed by atoms with Gasteiger partial charge >= 0.3 is 0 Å². The SMILES string of the molecule is CC(Oc1ccccc1)S(=O)(=O)C(C)Oc1ccccc1. The Kier molecular flexibility index (Phi) is 4.85. The predicted octanol–water partition coefficient (Wildman–Crippen LogP) is 3.25. The number of hydrogen-bond donors (Lipinski definition) is 0. The number of para-hydroxylation sites is 2. The fourth-order valence-corrected chi connectivity index (χ4v) is 2.82. The maximum absolute atomic E-state index is 12.4. The molecule has 2 aromatic carbocycles. The molecule has 0 N–H and O–H groups in total. The summed E-state index contributed by atoms with van der Waals surface area (Å²) in [5.41, 5.74) is -1.97. The number of sulfone groups is 1. The van der Waals surface area contributed by atoms with Crippen LogP contribution in [-0.2, 0) is 9.84 Å². The molecule has 4 nitrogen and oxygen atoms in total. The van der Waals surface area contributed by atoms with E-state index in [4.69, 9.17) is 9.47 Å². The first-order valence-corrected chi connectivity index (χ1v) is 8.27. The minimum atomic E-state index is -3.58. The van der Waals surface area contributed by atoms with Crippen LogP contribution in [0.4, 0.5) is 0 Å². The zero-order valence-corrected chi connectivity index (χ0v) is 12.8. The molecule has 112 valence electrons. The molecule has 0 bridgehead atoms. The summed E-state index contributed by atoms with van der Waals surface area (Å²) in [6, 6.07) is 17.7. The maximum Gasteiger partial charge on any atom is 0.225 e. The second-order valence-electron chi connectivity index (χ2n) is 4.59. The monoisotopic (exact) mass is 306 g/mol. The highest BCUT2D eigenvalue weighted by molar-refractivity contribution is 7.92. The first kappa shape index (κ1) is 15.4. The fourth-order valence-electron chi connectivity index (χ4n) is 1.79. The standard InChI is InChI=1S/C16H18O4S/c1-13(19-15-9-5-3-6-10-15)21(17,18)14(2)20-16-11-7-4-8-12-16/h3-14H,1-2H3. The van der Waals surface area contributed by atoms with Gasteiger partial charge in [0.25, 0.3) is 0 Å². The number of hydrogen-bond acceptors (Lipinski definition) is 4. The van der Waals surface area contributed by atoms with Crippen LogP contribution in [0.5, 0.6) is 11.5 Å². The van der Waals surface area contributed by atoms with E-state index in [-0.39, 0.29) is 0 Å². The van der Waals surface area contributed by atoms with Crippen molar-refractivity contribution in [3.63, 3.8) is 0 Å². The van der Waals surface area contributed by atoms with Crippen LogP contribution in [0.1, 0.15) is 13.8 Å². The Morgan fingerprint density at radius 3 is 1.38 bits per heavy atom. The lowest BCUT2D eigenvalue weighted by molar-refractivity contribution is 0.256. The Labute approximate surface area is 125 Å². The fraction of sp³-hybridized carbons (Fsp3) is 0.250. The molecule has 0 heterocycles. The highest BCUT2D eigenvalue weighted by Crippen LogP contribution is 2.19. The van der Waals surface area contributed by atoms with Crippen LogP contribution in [0.2, 0.25) is 0 Å². The molecule has 0 aliphatic rings. The van der Waals surface area contributed by atoms with Crippen LogP contribution in [0.25, 0.3) is 0 Å². The van der Waals surface area contributed by atoms with Gasteiger partial charge in [0.2, 0.25) is 9.84 Å². The highest BCUT2D eigenvalue weighted by atomic mass is 32.2. The predicted molar refractivity (Wildman–Crippen MR) is 82.0 cm³/mol. The van der Waals surface area contributed by atoms with E-state index in [1.165, 1.54) is 13.8 Å². The van der Waals surface area contributed by atoms with Gasteiger partial charge in [-0.3, -0.25) is 0 Å². The van der Waals surface area contributed by atoms with Crippen molar-refractivity contribution >= 4 is 9.84 Å². The van der Waals surface area contributed by atoms with Gasteiger partial charge in [0.1, 0.15) is 11.5 Å². The third-order valence-corrected chi connectivity index (χ3v) is 5.06. The second-order valence-corrected chi connectivity index (χ2v) is 7.09. The van der Waals surface area contributed by atoms with Gasteiger partial charge in [-0.1, -0.05) is 36.4 Å². The van der Waals surface area contributed by atoms with Gasteiger partial charge in [-0.2, -0.15) is 0 Å². The molecular formula is C16H18O4S. The summed E-state index contributed by atoms with van der Waals surface area (Å²) in [5.74, 6) is 1.03. The van der Waals surface area contributed by atoms with E-state index in [2.05, 4.69) is 0 Å². The van der Waals surface area contributed by atoms with E-state index in [0.717, 1.165) is 0 Å². The molecule has 0 fully saturated rings. The van der Waals surface area contributed by atoms with Crippen molar-refractivity contribution < 1.29 is 17.9 Å². The molecule has 0 amide bonds. The quantitative estimate of drug-likeness (QED) is 0.822. The molecule has 2 rings (SSSR count). The Hall–Kier alpha value is -2.01. The van der Waals surface area contributed by atoms with Crippen molar-refractivity contribution in [1.82, 2.24) is 0 Å². The van der Waals surface area contributed by atoms with Gasteiger partial charge in [0.05, 0.1) is 0 Å². The van der Waals surface area contributed by atoms with Crippen LogP contribution in [0.15, 0.2) is 60.7 Å². The first-order chi connectivity index (χ1) is 10.00. The van der Waals surface area contributed by atoms with Crippen LogP contribution >= 0.6 is 0 Å². The number of rotatable bonds is 6. The molecule has 0 spiro atoms. The third-order valence-electron chi connectivity index (χ3n) is 3.02. The number of ether oxygens (including phenoxy) is 2. The summed E-state index contributed by atoms with van der Waals surface area (Å²) in [4.78, 5) is 0. The van der Waals surface area contributed by atoms with Crippen molar-refractivity contribution in [3.8, 4) is 11.5 Å². The Bertz CT molecular complexity index is 600. The normalized spacial score (nSPS) is 14.2. The molecule has 0 aliphatic heterocycles. The molecule has 2 atom stereocenters. The van der Waals surface area contributed by atoms with E-state index < -0.39 is 20.7 Å². The zero-order chi connectivity index (χ0) is 15.3. The van der Waals surface area contributed by atoms with Crippen molar-refractivity contribution in [3.05, 3.63) is 60.7 Å². The van der Waals surface area contributed by atoms with Crippen molar-refractivity contribution in [2.45, 2.75) is 24.7 Å². The highest BCUT2D eigenvalue weighted by Gasteiger charge is 2.31. The largest absolute Gasteiger partial charge is 0.475 e. The van der Waals surface area contributed by atoms with Gasteiger partial charge in [-0.25, -0.2) is 8.42 Å². The summed E-state index contributed by atoms with van der Waals surface area (Å²) in [6.45, 7) is 3.01. The summed E-state index contributed by atoms with van der Waals surface area (Å²) < 4.78 is 35.7. The average molecular weight is 306 g/mol. The van der Waals surface area contributed by atoms with Gasteiger partial charge in [0, 0.05) is 0 Å². The van der Waals surface area contributed by atoms with Crippen LogP contribution in [0, 0.1) is 0 Å². The summed E-state index contributed by atoms with van der Waals surface area (Å²) in [5, 5.41) is 0. The van der Waals surface area contributed by atoms with Crippen molar-refractivity contribution in [1.29, 1.82) is 0 Å². The van der Waals surface area contributed by atoms with Crippen LogP contribution in [0.3, 0.4) is 0 Å². The van der Waals surface area contributed by atoms with E-state index in [1.807, 2.05) is 12.1 Å². The number of benzene rings is 2. The second kappa shape index (κ2) is 6.63. The molecular weight excluding hydrogens is 288 g/mol. The van der Waals surface area contributed by atoms with E-state index in [0.29, 0.717) is 11.5 Å². The minimum absolute atomic E-state index is 0.514. The summed E-state index contributed by atoms with van der Waals surface area (Å²) >= 11 is 0. The van der Waals surface area contributed by atoms with Gasteiger partial charge in [-0.15, -0.1) is 0 Å². The summed E-state index contributed by atoms with van der Waals surface area (Å²) in [6.07, 6.45) is 0. The average Bonchev–Trinajstić information content (AvgIpc) is 2.49. The third kappa shape index (κ3) is 3.98. The van der Waals surface area contributed by atoms with Gasteiger partial charge in [-0.05, 0) is 38.1 Å². The van der Waals surface area contributed by atoms with Crippen molar-refractivity contribution in [2.75, 3.05) is 0 Å². The topological polar surface area (TPSA) is 52.6 Å². The molecule has 0 saturated heterocycles. The maximum atomic E-state index is 12.4. The summed E-state index contributed by atoms with van der Waals surface area (Å²) in [7, 11) is -3.58. The van der Waals surface area contributed by atoms with E-state index in [9.17, 15) is 8.42 Å². The van der Waals surface area contributed by atoms with Crippen LogP contribution < -0.4 is 9.47 Å². The minimum Gasteiger partial charge on any atom is -0.475 e.